The van der Waals surface area contributed by atoms with Crippen LogP contribution in [0.4, 0.5) is 5.95 Å². The van der Waals surface area contributed by atoms with Gasteiger partial charge in [-0.15, -0.1) is 11.3 Å². The van der Waals surface area contributed by atoms with Crippen molar-refractivity contribution in [1.29, 1.82) is 0 Å². The summed E-state index contributed by atoms with van der Waals surface area (Å²) in [7, 11) is 0. The Kier molecular flexibility index (Phi) is 6.97. The van der Waals surface area contributed by atoms with Crippen LogP contribution in [0.2, 0.25) is 0 Å². The van der Waals surface area contributed by atoms with Gasteiger partial charge in [0.15, 0.2) is 0 Å². The van der Waals surface area contributed by atoms with Crippen molar-refractivity contribution in [1.82, 2.24) is 19.8 Å². The Morgan fingerprint density at radius 3 is 2.68 bits per heavy atom. The number of likely N-dealkylation sites (tertiary alicyclic amines) is 1. The Bertz CT molecular complexity index is 1200. The summed E-state index contributed by atoms with van der Waals surface area (Å²) in [5.74, 6) is 0.643. The Balaban J connectivity index is 1.35. The molecule has 4 heterocycles. The number of anilines is 1. The lowest BCUT2D eigenvalue weighted by molar-refractivity contribution is -0.125. The molecule has 0 saturated carbocycles. The van der Waals surface area contributed by atoms with E-state index in [2.05, 4.69) is 15.1 Å². The fraction of sp³-hybridized carbons (Fsp3) is 0.500. The first-order valence-corrected chi connectivity index (χ1v) is 13.3. The van der Waals surface area contributed by atoms with Gasteiger partial charge >= 0.3 is 0 Å². The van der Waals surface area contributed by atoms with Gasteiger partial charge in [-0.05, 0) is 69.3 Å². The standard InChI is InChI=1S/C26H33N5O2S/c1-19-7-9-21(10-8-19)31-25(33)23-22(11-17-34-23)28-26(31)30-15-5-6-20(18-30)24(32)27-12-16-29-13-3-2-4-14-29/h7-11,17,20H,2-6,12-16,18H2,1H3,(H,27,32)/t20-/m0/s1. The molecule has 2 aliphatic rings. The minimum atomic E-state index is -0.100. The van der Waals surface area contributed by atoms with Crippen LogP contribution in [0.5, 0.6) is 0 Å². The molecule has 180 valence electrons. The molecule has 0 radical (unpaired) electrons. The van der Waals surface area contributed by atoms with Crippen molar-refractivity contribution in [2.75, 3.05) is 44.2 Å². The summed E-state index contributed by atoms with van der Waals surface area (Å²) in [6.45, 7) is 7.29. The number of aromatic nitrogens is 2. The van der Waals surface area contributed by atoms with Crippen LogP contribution in [0, 0.1) is 12.8 Å². The molecule has 34 heavy (non-hydrogen) atoms. The fourth-order valence-corrected chi connectivity index (χ4v) is 5.84. The third-order valence-corrected chi connectivity index (χ3v) is 7.90. The lowest BCUT2D eigenvalue weighted by Crippen LogP contribution is -2.46. The normalized spacial score (nSPS) is 19.4. The summed E-state index contributed by atoms with van der Waals surface area (Å²) in [4.78, 5) is 35.9. The minimum Gasteiger partial charge on any atom is -0.355 e. The quantitative estimate of drug-likeness (QED) is 0.585. The van der Waals surface area contributed by atoms with Gasteiger partial charge in [0.05, 0.1) is 17.1 Å². The second-order valence-electron chi connectivity index (χ2n) is 9.50. The molecule has 3 aromatic rings. The van der Waals surface area contributed by atoms with Gasteiger partial charge in [0, 0.05) is 26.2 Å². The zero-order valence-electron chi connectivity index (χ0n) is 19.8. The summed E-state index contributed by atoms with van der Waals surface area (Å²) >= 11 is 1.43. The van der Waals surface area contributed by atoms with Gasteiger partial charge in [-0.25, -0.2) is 9.55 Å². The predicted molar refractivity (Wildman–Crippen MR) is 138 cm³/mol. The van der Waals surface area contributed by atoms with Crippen LogP contribution in [0.15, 0.2) is 40.5 Å². The smallest absolute Gasteiger partial charge is 0.277 e. The largest absolute Gasteiger partial charge is 0.355 e. The maximum absolute atomic E-state index is 13.5. The number of rotatable bonds is 6. The molecule has 0 bridgehead atoms. The van der Waals surface area contributed by atoms with E-state index in [1.165, 1.54) is 30.6 Å². The topological polar surface area (TPSA) is 70.5 Å². The van der Waals surface area contributed by atoms with E-state index in [9.17, 15) is 9.59 Å². The number of piperidine rings is 2. The first-order valence-electron chi connectivity index (χ1n) is 12.4. The molecule has 0 aliphatic carbocycles. The number of benzene rings is 1. The molecule has 5 rings (SSSR count). The molecule has 1 N–H and O–H groups in total. The second-order valence-corrected chi connectivity index (χ2v) is 10.4. The van der Waals surface area contributed by atoms with Gasteiger partial charge in [-0.3, -0.25) is 9.59 Å². The van der Waals surface area contributed by atoms with Crippen LogP contribution in [0.25, 0.3) is 15.9 Å². The average molecular weight is 480 g/mol. The maximum atomic E-state index is 13.5. The number of hydrogen-bond donors (Lipinski definition) is 1. The van der Waals surface area contributed by atoms with Crippen molar-refractivity contribution >= 4 is 33.4 Å². The van der Waals surface area contributed by atoms with Crippen molar-refractivity contribution in [3.05, 3.63) is 51.6 Å². The number of thiophene rings is 1. The molecule has 7 nitrogen and oxygen atoms in total. The van der Waals surface area contributed by atoms with Crippen LogP contribution in [0.3, 0.4) is 0 Å². The van der Waals surface area contributed by atoms with Gasteiger partial charge in [-0.2, -0.15) is 0 Å². The highest BCUT2D eigenvalue weighted by Gasteiger charge is 2.29. The van der Waals surface area contributed by atoms with Crippen LogP contribution >= 0.6 is 11.3 Å². The second kappa shape index (κ2) is 10.3. The van der Waals surface area contributed by atoms with Crippen molar-refractivity contribution in [3.63, 3.8) is 0 Å². The van der Waals surface area contributed by atoms with E-state index in [1.807, 2.05) is 42.6 Å². The number of nitrogens with zero attached hydrogens (tertiary/aromatic N) is 4. The third-order valence-electron chi connectivity index (χ3n) is 7.01. The molecule has 1 atom stereocenters. The molecule has 0 spiro atoms. The first-order chi connectivity index (χ1) is 16.6. The fourth-order valence-electron chi connectivity index (χ4n) is 5.08. The summed E-state index contributed by atoms with van der Waals surface area (Å²) < 4.78 is 2.38. The van der Waals surface area contributed by atoms with Crippen molar-refractivity contribution in [3.8, 4) is 5.69 Å². The Labute approximate surface area is 204 Å². The zero-order chi connectivity index (χ0) is 23.5. The Morgan fingerprint density at radius 2 is 1.88 bits per heavy atom. The lowest BCUT2D eigenvalue weighted by atomic mass is 9.97. The minimum absolute atomic E-state index is 0.0491. The molecule has 1 amide bonds. The molecule has 8 heteroatoms. The lowest BCUT2D eigenvalue weighted by Gasteiger charge is -2.34. The van der Waals surface area contributed by atoms with Gasteiger partial charge in [0.25, 0.3) is 5.56 Å². The number of amides is 1. The first kappa shape index (κ1) is 23.1. The van der Waals surface area contributed by atoms with Crippen LogP contribution in [-0.2, 0) is 4.79 Å². The molecule has 0 unspecified atom stereocenters. The SMILES string of the molecule is Cc1ccc(-n2c(N3CCC[C@H](C(=O)NCCN4CCCCC4)C3)nc3ccsc3c2=O)cc1. The Hall–Kier alpha value is -2.71. The summed E-state index contributed by atoms with van der Waals surface area (Å²) in [5.41, 5.74) is 2.62. The highest BCUT2D eigenvalue weighted by Crippen LogP contribution is 2.26. The summed E-state index contributed by atoms with van der Waals surface area (Å²) in [6.07, 6.45) is 5.60. The van der Waals surface area contributed by atoms with Gasteiger partial charge < -0.3 is 15.1 Å². The molecule has 2 aromatic heterocycles. The highest BCUT2D eigenvalue weighted by atomic mass is 32.1. The van der Waals surface area contributed by atoms with Crippen LogP contribution in [-0.4, -0.2) is 59.6 Å². The summed E-state index contributed by atoms with van der Waals surface area (Å²) in [5, 5.41) is 5.08. The van der Waals surface area contributed by atoms with E-state index in [0.29, 0.717) is 23.7 Å². The van der Waals surface area contributed by atoms with E-state index in [1.54, 1.807) is 4.57 Å². The highest BCUT2D eigenvalue weighted by molar-refractivity contribution is 7.17. The summed E-state index contributed by atoms with van der Waals surface area (Å²) in [6, 6.07) is 9.86. The van der Waals surface area contributed by atoms with Gasteiger partial charge in [0.1, 0.15) is 4.70 Å². The monoisotopic (exact) mass is 479 g/mol. The van der Waals surface area contributed by atoms with E-state index >= 15 is 0 Å². The zero-order valence-corrected chi connectivity index (χ0v) is 20.6. The number of hydrogen-bond acceptors (Lipinski definition) is 6. The molecular formula is C26H33N5O2S. The average Bonchev–Trinajstić information content (AvgIpc) is 3.35. The van der Waals surface area contributed by atoms with Gasteiger partial charge in [-0.1, -0.05) is 24.1 Å². The number of nitrogens with one attached hydrogen (secondary N) is 1. The Morgan fingerprint density at radius 1 is 1.09 bits per heavy atom. The van der Waals surface area contributed by atoms with E-state index < -0.39 is 0 Å². The third kappa shape index (κ3) is 4.88. The molecular weight excluding hydrogens is 446 g/mol. The number of carbonyl (C=O) groups is 1. The van der Waals surface area contributed by atoms with E-state index in [0.717, 1.165) is 55.8 Å². The molecule has 2 fully saturated rings. The maximum Gasteiger partial charge on any atom is 0.277 e. The van der Waals surface area contributed by atoms with Crippen LogP contribution < -0.4 is 15.8 Å². The van der Waals surface area contributed by atoms with Crippen LogP contribution in [0.1, 0.15) is 37.7 Å². The van der Waals surface area contributed by atoms with Crippen molar-refractivity contribution in [2.24, 2.45) is 5.92 Å². The number of carbonyl (C=O) groups excluding carboxylic acids is 1. The molecule has 2 aliphatic heterocycles. The van der Waals surface area contributed by atoms with E-state index in [4.69, 9.17) is 4.98 Å². The predicted octanol–water partition coefficient (Wildman–Crippen LogP) is 3.57. The molecule has 1 aromatic carbocycles. The van der Waals surface area contributed by atoms with Crippen molar-refractivity contribution in [2.45, 2.75) is 39.0 Å². The number of fused-ring (bicyclic) bond motifs is 1. The van der Waals surface area contributed by atoms with Gasteiger partial charge in [0.2, 0.25) is 11.9 Å². The number of aryl methyl sites for hydroxylation is 1. The van der Waals surface area contributed by atoms with Crippen molar-refractivity contribution < 1.29 is 4.79 Å². The molecule has 2 saturated heterocycles. The van der Waals surface area contributed by atoms with E-state index in [-0.39, 0.29) is 17.4 Å².